The van der Waals surface area contributed by atoms with Crippen molar-refractivity contribution in [2.75, 3.05) is 44.4 Å². The number of carbonyl (C=O) groups is 1. The van der Waals surface area contributed by atoms with E-state index < -0.39 is 5.97 Å². The van der Waals surface area contributed by atoms with Gasteiger partial charge in [-0.05, 0) is 18.6 Å². The first-order valence-corrected chi connectivity index (χ1v) is 7.54. The number of rotatable bonds is 9. The Kier molecular flexibility index (Phi) is 8.48. The summed E-state index contributed by atoms with van der Waals surface area (Å²) in [6.07, 6.45) is 3.32. The molecule has 0 radical (unpaired) electrons. The number of morpholine rings is 1. The van der Waals surface area contributed by atoms with Crippen LogP contribution in [0.3, 0.4) is 0 Å². The molecule has 1 aliphatic rings. The van der Waals surface area contributed by atoms with Gasteiger partial charge < -0.3 is 9.84 Å². The van der Waals surface area contributed by atoms with Crippen molar-refractivity contribution in [3.63, 3.8) is 0 Å². The monoisotopic (exact) mass is 261 g/mol. The third-order valence-corrected chi connectivity index (χ3v) is 3.88. The minimum Gasteiger partial charge on any atom is -0.481 e. The van der Waals surface area contributed by atoms with E-state index in [9.17, 15) is 4.79 Å². The topological polar surface area (TPSA) is 49.8 Å². The van der Waals surface area contributed by atoms with Crippen molar-refractivity contribution in [1.82, 2.24) is 4.90 Å². The number of carboxylic acids is 1. The standard InChI is InChI=1S/C12H23NO3S/c14-12(15)4-2-1-3-10-17-11-7-13-5-8-16-9-6-13/h1-11H2,(H,14,15). The van der Waals surface area contributed by atoms with Gasteiger partial charge >= 0.3 is 5.97 Å². The van der Waals surface area contributed by atoms with Gasteiger partial charge in [-0.2, -0.15) is 11.8 Å². The maximum absolute atomic E-state index is 10.3. The molecular weight excluding hydrogens is 238 g/mol. The Hall–Kier alpha value is -0.260. The summed E-state index contributed by atoms with van der Waals surface area (Å²) in [5.74, 6) is 1.66. The maximum Gasteiger partial charge on any atom is 0.303 e. The highest BCUT2D eigenvalue weighted by Gasteiger charge is 2.08. The Balaban J connectivity index is 1.79. The maximum atomic E-state index is 10.3. The first kappa shape index (κ1) is 14.8. The summed E-state index contributed by atoms with van der Waals surface area (Å²) < 4.78 is 5.29. The van der Waals surface area contributed by atoms with Crippen LogP contribution in [0.2, 0.25) is 0 Å². The van der Waals surface area contributed by atoms with Crippen molar-refractivity contribution >= 4 is 17.7 Å². The summed E-state index contributed by atoms with van der Waals surface area (Å²) in [6, 6.07) is 0. The normalized spacial score (nSPS) is 17.2. The zero-order valence-corrected chi connectivity index (χ0v) is 11.2. The zero-order valence-electron chi connectivity index (χ0n) is 10.4. The Morgan fingerprint density at radius 3 is 2.65 bits per heavy atom. The highest BCUT2D eigenvalue weighted by atomic mass is 32.2. The lowest BCUT2D eigenvalue weighted by Gasteiger charge is -2.26. The van der Waals surface area contributed by atoms with Crippen LogP contribution in [-0.2, 0) is 9.53 Å². The molecule has 17 heavy (non-hydrogen) atoms. The van der Waals surface area contributed by atoms with Crippen molar-refractivity contribution in [2.24, 2.45) is 0 Å². The minimum atomic E-state index is -0.676. The lowest BCUT2D eigenvalue weighted by atomic mass is 10.2. The molecule has 0 atom stereocenters. The van der Waals surface area contributed by atoms with E-state index in [0.29, 0.717) is 6.42 Å². The molecule has 1 N–H and O–H groups in total. The lowest BCUT2D eigenvalue weighted by molar-refractivity contribution is -0.137. The summed E-state index contributed by atoms with van der Waals surface area (Å²) in [6.45, 7) is 5.04. The van der Waals surface area contributed by atoms with Crippen LogP contribution in [0.4, 0.5) is 0 Å². The van der Waals surface area contributed by atoms with Crippen molar-refractivity contribution in [1.29, 1.82) is 0 Å². The van der Waals surface area contributed by atoms with E-state index in [-0.39, 0.29) is 0 Å². The number of hydrogen-bond acceptors (Lipinski definition) is 4. The smallest absolute Gasteiger partial charge is 0.303 e. The van der Waals surface area contributed by atoms with Gasteiger partial charge in [0.05, 0.1) is 13.2 Å². The Morgan fingerprint density at radius 2 is 1.94 bits per heavy atom. The first-order chi connectivity index (χ1) is 8.29. The minimum absolute atomic E-state index is 0.318. The van der Waals surface area contributed by atoms with Gasteiger partial charge in [0, 0.05) is 31.8 Å². The van der Waals surface area contributed by atoms with Gasteiger partial charge in [0.15, 0.2) is 0 Å². The number of nitrogens with zero attached hydrogens (tertiary/aromatic N) is 1. The van der Waals surface area contributed by atoms with Crippen molar-refractivity contribution in [3.05, 3.63) is 0 Å². The molecule has 1 rings (SSSR count). The second kappa shape index (κ2) is 9.74. The Labute approximate surface area is 108 Å². The van der Waals surface area contributed by atoms with Crippen molar-refractivity contribution in [2.45, 2.75) is 25.7 Å². The molecule has 0 unspecified atom stereocenters. The first-order valence-electron chi connectivity index (χ1n) is 6.38. The van der Waals surface area contributed by atoms with Gasteiger partial charge in [-0.3, -0.25) is 9.69 Å². The predicted octanol–water partition coefficient (Wildman–Crippen LogP) is 1.70. The number of carboxylic acid groups (broad SMARTS) is 1. The van der Waals surface area contributed by atoms with Gasteiger partial charge in [-0.15, -0.1) is 0 Å². The molecule has 0 bridgehead atoms. The van der Waals surface area contributed by atoms with Gasteiger partial charge in [-0.1, -0.05) is 6.42 Å². The third kappa shape index (κ3) is 8.46. The fraction of sp³-hybridized carbons (Fsp3) is 0.917. The highest BCUT2D eigenvalue weighted by Crippen LogP contribution is 2.08. The molecule has 4 nitrogen and oxygen atoms in total. The molecule has 1 fully saturated rings. The van der Waals surface area contributed by atoms with E-state index in [0.717, 1.165) is 57.9 Å². The molecule has 0 spiro atoms. The number of unbranched alkanes of at least 4 members (excludes halogenated alkanes) is 2. The van der Waals surface area contributed by atoms with Crippen LogP contribution < -0.4 is 0 Å². The summed E-state index contributed by atoms with van der Waals surface area (Å²) >= 11 is 1.98. The van der Waals surface area contributed by atoms with E-state index in [1.165, 1.54) is 5.75 Å². The van der Waals surface area contributed by atoms with E-state index in [4.69, 9.17) is 9.84 Å². The van der Waals surface area contributed by atoms with Gasteiger partial charge in [0.25, 0.3) is 0 Å². The van der Waals surface area contributed by atoms with E-state index in [1.54, 1.807) is 0 Å². The molecule has 0 aromatic carbocycles. The SMILES string of the molecule is O=C(O)CCCCCSCCN1CCOCC1. The molecule has 0 aromatic heterocycles. The quantitative estimate of drug-likeness (QED) is 0.640. The number of thioether (sulfide) groups is 1. The van der Waals surface area contributed by atoms with Gasteiger partial charge in [0.2, 0.25) is 0 Å². The Bertz CT molecular complexity index is 208. The molecule has 5 heteroatoms. The third-order valence-electron chi connectivity index (χ3n) is 2.83. The summed E-state index contributed by atoms with van der Waals surface area (Å²) in [5, 5.41) is 8.48. The number of aliphatic carboxylic acids is 1. The largest absolute Gasteiger partial charge is 0.481 e. The Morgan fingerprint density at radius 1 is 1.18 bits per heavy atom. The molecule has 1 heterocycles. The molecule has 1 saturated heterocycles. The average Bonchev–Trinajstić information content (AvgIpc) is 2.33. The van der Waals surface area contributed by atoms with E-state index in [1.807, 2.05) is 11.8 Å². The summed E-state index contributed by atoms with van der Waals surface area (Å²) in [5.41, 5.74) is 0. The fourth-order valence-corrected chi connectivity index (χ4v) is 2.78. The van der Waals surface area contributed by atoms with Crippen LogP contribution >= 0.6 is 11.8 Å². The van der Waals surface area contributed by atoms with Gasteiger partial charge in [-0.25, -0.2) is 0 Å². The molecule has 0 saturated carbocycles. The van der Waals surface area contributed by atoms with Gasteiger partial charge in [0.1, 0.15) is 0 Å². The van der Waals surface area contributed by atoms with Crippen LogP contribution in [0.1, 0.15) is 25.7 Å². The predicted molar refractivity (Wildman–Crippen MR) is 70.7 cm³/mol. The van der Waals surface area contributed by atoms with Crippen molar-refractivity contribution in [3.8, 4) is 0 Å². The second-order valence-electron chi connectivity index (χ2n) is 4.27. The lowest BCUT2D eigenvalue weighted by Crippen LogP contribution is -2.37. The van der Waals surface area contributed by atoms with Crippen molar-refractivity contribution < 1.29 is 14.6 Å². The molecule has 0 aliphatic carbocycles. The molecule has 0 amide bonds. The van der Waals surface area contributed by atoms with Crippen LogP contribution in [0.5, 0.6) is 0 Å². The van der Waals surface area contributed by atoms with Crippen LogP contribution in [0.25, 0.3) is 0 Å². The number of ether oxygens (including phenoxy) is 1. The molecule has 100 valence electrons. The van der Waals surface area contributed by atoms with Crippen LogP contribution in [0, 0.1) is 0 Å². The highest BCUT2D eigenvalue weighted by molar-refractivity contribution is 7.99. The second-order valence-corrected chi connectivity index (χ2v) is 5.50. The fourth-order valence-electron chi connectivity index (χ4n) is 1.78. The molecule has 1 aliphatic heterocycles. The van der Waals surface area contributed by atoms with Crippen LogP contribution in [0.15, 0.2) is 0 Å². The molecular formula is C12H23NO3S. The van der Waals surface area contributed by atoms with E-state index in [2.05, 4.69) is 4.90 Å². The zero-order chi connectivity index (χ0) is 12.3. The van der Waals surface area contributed by atoms with E-state index >= 15 is 0 Å². The summed E-state index contributed by atoms with van der Waals surface area (Å²) in [4.78, 5) is 12.7. The number of hydrogen-bond donors (Lipinski definition) is 1. The average molecular weight is 261 g/mol. The molecule has 0 aromatic rings. The van der Waals surface area contributed by atoms with Crippen LogP contribution in [-0.4, -0.2) is 60.3 Å². The summed E-state index contributed by atoms with van der Waals surface area (Å²) in [7, 11) is 0.